The Labute approximate surface area is 66.4 Å². The minimum atomic E-state index is -0.619. The SMILES string of the molecule is CC(=O)NC(C)(C#N)C1CC1. The van der Waals surface area contributed by atoms with Crippen LogP contribution < -0.4 is 5.32 Å². The molecule has 1 N–H and O–H groups in total. The molecule has 1 aliphatic carbocycles. The third kappa shape index (κ3) is 1.70. The third-order valence-electron chi connectivity index (χ3n) is 2.06. The first-order valence-electron chi connectivity index (χ1n) is 3.78. The molecule has 0 saturated heterocycles. The second kappa shape index (κ2) is 2.54. The van der Waals surface area contributed by atoms with E-state index in [1.54, 1.807) is 6.92 Å². The lowest BCUT2D eigenvalue weighted by molar-refractivity contribution is -0.120. The van der Waals surface area contributed by atoms with E-state index in [2.05, 4.69) is 11.4 Å². The molecular formula is C8H12N2O. The van der Waals surface area contributed by atoms with Gasteiger partial charge >= 0.3 is 0 Å². The van der Waals surface area contributed by atoms with Gasteiger partial charge in [0.2, 0.25) is 5.91 Å². The molecule has 1 saturated carbocycles. The number of amides is 1. The fourth-order valence-electron chi connectivity index (χ4n) is 1.25. The highest BCUT2D eigenvalue weighted by Gasteiger charge is 2.42. The summed E-state index contributed by atoms with van der Waals surface area (Å²) in [6, 6.07) is 2.14. The Balaban J connectivity index is 2.60. The Bertz CT molecular complexity index is 215. The molecule has 60 valence electrons. The van der Waals surface area contributed by atoms with E-state index in [1.165, 1.54) is 6.92 Å². The second-order valence-corrected chi connectivity index (χ2v) is 3.27. The monoisotopic (exact) mass is 152 g/mol. The molecule has 3 heteroatoms. The Morgan fingerprint density at radius 3 is 2.55 bits per heavy atom. The minimum Gasteiger partial charge on any atom is -0.338 e. The lowest BCUT2D eigenvalue weighted by Gasteiger charge is -2.21. The van der Waals surface area contributed by atoms with E-state index in [4.69, 9.17) is 5.26 Å². The summed E-state index contributed by atoms with van der Waals surface area (Å²) in [5.41, 5.74) is -0.619. The first-order valence-corrected chi connectivity index (χ1v) is 3.78. The van der Waals surface area contributed by atoms with Crippen LogP contribution in [-0.4, -0.2) is 11.4 Å². The maximum Gasteiger partial charge on any atom is 0.218 e. The lowest BCUT2D eigenvalue weighted by atomic mass is 9.98. The molecule has 1 unspecified atom stereocenters. The quantitative estimate of drug-likeness (QED) is 0.636. The van der Waals surface area contributed by atoms with Gasteiger partial charge in [0, 0.05) is 6.92 Å². The van der Waals surface area contributed by atoms with E-state index in [0.29, 0.717) is 5.92 Å². The Kier molecular flexibility index (Phi) is 1.86. The number of nitrogens with zero attached hydrogens (tertiary/aromatic N) is 1. The van der Waals surface area contributed by atoms with Gasteiger partial charge in [0.25, 0.3) is 0 Å². The van der Waals surface area contributed by atoms with Crippen molar-refractivity contribution in [2.75, 3.05) is 0 Å². The average Bonchev–Trinajstić information content (AvgIpc) is 2.66. The normalized spacial score (nSPS) is 21.5. The minimum absolute atomic E-state index is 0.124. The fourth-order valence-corrected chi connectivity index (χ4v) is 1.25. The first kappa shape index (κ1) is 8.06. The highest BCUT2D eigenvalue weighted by atomic mass is 16.1. The molecule has 1 atom stereocenters. The number of carbonyl (C=O) groups is 1. The molecule has 0 aromatic carbocycles. The number of hydrogen-bond donors (Lipinski definition) is 1. The van der Waals surface area contributed by atoms with Gasteiger partial charge in [-0.3, -0.25) is 4.79 Å². The van der Waals surface area contributed by atoms with Gasteiger partial charge in [-0.15, -0.1) is 0 Å². The zero-order valence-corrected chi connectivity index (χ0v) is 6.85. The van der Waals surface area contributed by atoms with Gasteiger partial charge in [-0.1, -0.05) is 0 Å². The summed E-state index contributed by atoms with van der Waals surface area (Å²) < 4.78 is 0. The molecule has 0 aromatic rings. The van der Waals surface area contributed by atoms with Gasteiger partial charge in [0.15, 0.2) is 0 Å². The number of nitriles is 1. The maximum absolute atomic E-state index is 10.7. The van der Waals surface area contributed by atoms with E-state index in [1.807, 2.05) is 0 Å². The van der Waals surface area contributed by atoms with E-state index >= 15 is 0 Å². The third-order valence-corrected chi connectivity index (χ3v) is 2.06. The predicted molar refractivity (Wildman–Crippen MR) is 40.6 cm³/mol. The van der Waals surface area contributed by atoms with Crippen molar-refractivity contribution in [1.29, 1.82) is 5.26 Å². The van der Waals surface area contributed by atoms with Gasteiger partial charge < -0.3 is 5.32 Å². The molecule has 0 aliphatic heterocycles. The van der Waals surface area contributed by atoms with E-state index in [9.17, 15) is 4.79 Å². The maximum atomic E-state index is 10.7. The molecular weight excluding hydrogens is 140 g/mol. The summed E-state index contributed by atoms with van der Waals surface area (Å²) in [5.74, 6) is 0.248. The van der Waals surface area contributed by atoms with Crippen LogP contribution in [-0.2, 0) is 4.79 Å². The van der Waals surface area contributed by atoms with Crippen LogP contribution in [0.15, 0.2) is 0 Å². The second-order valence-electron chi connectivity index (χ2n) is 3.27. The van der Waals surface area contributed by atoms with Crippen LogP contribution >= 0.6 is 0 Å². The topological polar surface area (TPSA) is 52.9 Å². The van der Waals surface area contributed by atoms with Crippen molar-refractivity contribution in [2.45, 2.75) is 32.2 Å². The predicted octanol–water partition coefficient (Wildman–Crippen LogP) is 0.815. The molecule has 0 aromatic heterocycles. The van der Waals surface area contributed by atoms with Crippen LogP contribution in [0, 0.1) is 17.2 Å². The van der Waals surface area contributed by atoms with Gasteiger partial charge in [-0.05, 0) is 25.7 Å². The Hall–Kier alpha value is -1.04. The molecule has 1 rings (SSSR count). The molecule has 11 heavy (non-hydrogen) atoms. The summed E-state index contributed by atoms with van der Waals surface area (Å²) in [5, 5.41) is 11.4. The molecule has 0 heterocycles. The van der Waals surface area contributed by atoms with Crippen molar-refractivity contribution in [2.24, 2.45) is 5.92 Å². The van der Waals surface area contributed by atoms with Gasteiger partial charge in [-0.25, -0.2) is 0 Å². The molecule has 0 spiro atoms. The smallest absolute Gasteiger partial charge is 0.218 e. The Morgan fingerprint density at radius 1 is 1.73 bits per heavy atom. The average molecular weight is 152 g/mol. The van der Waals surface area contributed by atoms with E-state index in [0.717, 1.165) is 12.8 Å². The molecule has 1 amide bonds. The van der Waals surface area contributed by atoms with Gasteiger partial charge in [0.05, 0.1) is 6.07 Å². The number of nitrogens with one attached hydrogen (secondary N) is 1. The zero-order chi connectivity index (χ0) is 8.48. The molecule has 1 aliphatic rings. The van der Waals surface area contributed by atoms with Crippen molar-refractivity contribution in [3.63, 3.8) is 0 Å². The zero-order valence-electron chi connectivity index (χ0n) is 6.85. The van der Waals surface area contributed by atoms with Crippen molar-refractivity contribution < 1.29 is 4.79 Å². The number of hydrogen-bond acceptors (Lipinski definition) is 2. The highest BCUT2D eigenvalue weighted by molar-refractivity contribution is 5.74. The summed E-state index contributed by atoms with van der Waals surface area (Å²) in [7, 11) is 0. The van der Waals surface area contributed by atoms with Crippen molar-refractivity contribution in [1.82, 2.24) is 5.32 Å². The van der Waals surface area contributed by atoms with Crippen molar-refractivity contribution >= 4 is 5.91 Å². The summed E-state index contributed by atoms with van der Waals surface area (Å²) in [6.07, 6.45) is 2.12. The molecule has 3 nitrogen and oxygen atoms in total. The van der Waals surface area contributed by atoms with Gasteiger partial charge in [-0.2, -0.15) is 5.26 Å². The van der Waals surface area contributed by atoms with Crippen molar-refractivity contribution in [3.8, 4) is 6.07 Å². The van der Waals surface area contributed by atoms with E-state index in [-0.39, 0.29) is 5.91 Å². The number of carbonyl (C=O) groups excluding carboxylic acids is 1. The molecule has 0 bridgehead atoms. The van der Waals surface area contributed by atoms with Crippen LogP contribution in [0.3, 0.4) is 0 Å². The molecule has 1 fully saturated rings. The van der Waals surface area contributed by atoms with Crippen LogP contribution in [0.4, 0.5) is 0 Å². The summed E-state index contributed by atoms with van der Waals surface area (Å²) >= 11 is 0. The van der Waals surface area contributed by atoms with Gasteiger partial charge in [0.1, 0.15) is 5.54 Å². The largest absolute Gasteiger partial charge is 0.338 e. The van der Waals surface area contributed by atoms with Crippen LogP contribution in [0.1, 0.15) is 26.7 Å². The lowest BCUT2D eigenvalue weighted by Crippen LogP contribution is -2.45. The highest BCUT2D eigenvalue weighted by Crippen LogP contribution is 2.38. The summed E-state index contributed by atoms with van der Waals surface area (Å²) in [6.45, 7) is 3.23. The van der Waals surface area contributed by atoms with Crippen LogP contribution in [0.25, 0.3) is 0 Å². The Morgan fingerprint density at radius 2 is 2.27 bits per heavy atom. The molecule has 0 radical (unpaired) electrons. The first-order chi connectivity index (χ1) is 5.08. The van der Waals surface area contributed by atoms with Crippen molar-refractivity contribution in [3.05, 3.63) is 0 Å². The van der Waals surface area contributed by atoms with Crippen LogP contribution in [0.2, 0.25) is 0 Å². The van der Waals surface area contributed by atoms with E-state index < -0.39 is 5.54 Å². The number of rotatable bonds is 2. The van der Waals surface area contributed by atoms with Crippen LogP contribution in [0.5, 0.6) is 0 Å². The standard InChI is InChI=1S/C8H12N2O/c1-6(11)10-8(2,5-9)7-3-4-7/h7H,3-4H2,1-2H3,(H,10,11). The summed E-state index contributed by atoms with van der Waals surface area (Å²) in [4.78, 5) is 10.7. The fraction of sp³-hybridized carbons (Fsp3) is 0.750.